The molecule has 24 heavy (non-hydrogen) atoms. The zero-order chi connectivity index (χ0) is 17.1. The van der Waals surface area contributed by atoms with Gasteiger partial charge in [-0.05, 0) is 32.4 Å². The molecule has 0 bridgehead atoms. The van der Waals surface area contributed by atoms with Gasteiger partial charge in [0.25, 0.3) is 5.56 Å². The Morgan fingerprint density at radius 1 is 1.42 bits per heavy atom. The van der Waals surface area contributed by atoms with Crippen molar-refractivity contribution in [3.05, 3.63) is 34.5 Å². The third-order valence-electron chi connectivity index (χ3n) is 4.76. The van der Waals surface area contributed by atoms with E-state index in [1.165, 1.54) is 0 Å². The van der Waals surface area contributed by atoms with Gasteiger partial charge in [0.05, 0.1) is 11.6 Å². The van der Waals surface area contributed by atoms with E-state index in [-0.39, 0.29) is 11.6 Å². The summed E-state index contributed by atoms with van der Waals surface area (Å²) < 4.78 is 1.81. The number of aromatic nitrogens is 3. The Hall–Kier alpha value is -1.79. The Kier molecular flexibility index (Phi) is 5.26. The largest absolute Gasteiger partial charge is 0.312 e. The number of nitrogens with one attached hydrogen (secondary N) is 1. The lowest BCUT2D eigenvalue weighted by molar-refractivity contribution is 0.132. The third-order valence-corrected chi connectivity index (χ3v) is 4.76. The fourth-order valence-electron chi connectivity index (χ4n) is 3.62. The van der Waals surface area contributed by atoms with Crippen molar-refractivity contribution in [2.24, 2.45) is 0 Å². The minimum absolute atomic E-state index is 0.0256. The molecule has 3 heterocycles. The number of fused-ring (bicyclic) bond motifs is 1. The molecule has 0 aliphatic carbocycles. The number of piperazine rings is 1. The first-order valence-corrected chi connectivity index (χ1v) is 8.98. The van der Waals surface area contributed by atoms with Crippen molar-refractivity contribution in [2.75, 3.05) is 19.6 Å². The highest BCUT2D eigenvalue weighted by molar-refractivity contribution is 5.72. The smallest absolute Gasteiger partial charge is 0.280 e. The van der Waals surface area contributed by atoms with E-state index in [4.69, 9.17) is 4.98 Å². The number of pyridine rings is 1. The SMILES string of the molecule is CCC[C@@H](c1nc2cccnc2c(=O)n1CC)N1CCN[C@@H](C)C1. The first kappa shape index (κ1) is 17.0. The zero-order valence-corrected chi connectivity index (χ0v) is 14.8. The summed E-state index contributed by atoms with van der Waals surface area (Å²) in [6.07, 6.45) is 3.73. The molecule has 6 nitrogen and oxygen atoms in total. The van der Waals surface area contributed by atoms with E-state index in [1.54, 1.807) is 6.20 Å². The number of hydrogen-bond acceptors (Lipinski definition) is 5. The quantitative estimate of drug-likeness (QED) is 0.908. The van der Waals surface area contributed by atoms with Crippen molar-refractivity contribution in [2.45, 2.75) is 52.2 Å². The highest BCUT2D eigenvalue weighted by Crippen LogP contribution is 2.26. The van der Waals surface area contributed by atoms with Gasteiger partial charge >= 0.3 is 0 Å². The van der Waals surface area contributed by atoms with Gasteiger partial charge in [-0.3, -0.25) is 14.3 Å². The summed E-state index contributed by atoms with van der Waals surface area (Å²) in [4.78, 5) is 24.4. The minimum Gasteiger partial charge on any atom is -0.312 e. The van der Waals surface area contributed by atoms with Gasteiger partial charge in [0.2, 0.25) is 0 Å². The Bertz CT molecular complexity index is 757. The van der Waals surface area contributed by atoms with Gasteiger partial charge < -0.3 is 5.32 Å². The van der Waals surface area contributed by atoms with Gasteiger partial charge in [0, 0.05) is 38.4 Å². The minimum atomic E-state index is -0.0256. The lowest BCUT2D eigenvalue weighted by atomic mass is 10.1. The van der Waals surface area contributed by atoms with E-state index >= 15 is 0 Å². The number of rotatable bonds is 5. The van der Waals surface area contributed by atoms with Crippen molar-refractivity contribution in [1.29, 1.82) is 0 Å². The highest BCUT2D eigenvalue weighted by Gasteiger charge is 2.28. The maximum absolute atomic E-state index is 12.9. The van der Waals surface area contributed by atoms with Crippen molar-refractivity contribution in [1.82, 2.24) is 24.8 Å². The van der Waals surface area contributed by atoms with Crippen LogP contribution in [0.25, 0.3) is 11.0 Å². The Morgan fingerprint density at radius 3 is 2.96 bits per heavy atom. The monoisotopic (exact) mass is 329 g/mol. The molecule has 0 saturated carbocycles. The van der Waals surface area contributed by atoms with E-state index < -0.39 is 0 Å². The molecular formula is C18H27N5O. The molecule has 2 aromatic heterocycles. The Morgan fingerprint density at radius 2 is 2.25 bits per heavy atom. The molecule has 2 aromatic rings. The van der Waals surface area contributed by atoms with Crippen LogP contribution in [-0.2, 0) is 6.54 Å². The van der Waals surface area contributed by atoms with Crippen LogP contribution in [-0.4, -0.2) is 45.1 Å². The van der Waals surface area contributed by atoms with Crippen molar-refractivity contribution >= 4 is 11.0 Å². The van der Waals surface area contributed by atoms with Crippen LogP contribution in [0.5, 0.6) is 0 Å². The molecule has 130 valence electrons. The molecule has 6 heteroatoms. The van der Waals surface area contributed by atoms with E-state index in [0.717, 1.165) is 38.3 Å². The average molecular weight is 329 g/mol. The molecule has 0 radical (unpaired) electrons. The van der Waals surface area contributed by atoms with Gasteiger partial charge in [-0.25, -0.2) is 9.97 Å². The van der Waals surface area contributed by atoms with Crippen molar-refractivity contribution in [3.8, 4) is 0 Å². The van der Waals surface area contributed by atoms with E-state index in [1.807, 2.05) is 23.6 Å². The zero-order valence-electron chi connectivity index (χ0n) is 14.8. The van der Waals surface area contributed by atoms with Crippen LogP contribution < -0.4 is 10.9 Å². The van der Waals surface area contributed by atoms with Crippen LogP contribution >= 0.6 is 0 Å². The summed E-state index contributed by atoms with van der Waals surface area (Å²) in [6.45, 7) is 9.97. The molecule has 1 aliphatic rings. The summed E-state index contributed by atoms with van der Waals surface area (Å²) in [7, 11) is 0. The molecule has 1 fully saturated rings. The van der Waals surface area contributed by atoms with E-state index in [2.05, 4.69) is 29.0 Å². The van der Waals surface area contributed by atoms with Gasteiger partial charge in [-0.15, -0.1) is 0 Å². The first-order valence-electron chi connectivity index (χ1n) is 8.98. The van der Waals surface area contributed by atoms with Crippen LogP contribution in [0.4, 0.5) is 0 Å². The maximum Gasteiger partial charge on any atom is 0.280 e. The average Bonchev–Trinajstić information content (AvgIpc) is 2.59. The van der Waals surface area contributed by atoms with Crippen LogP contribution in [0.15, 0.2) is 23.1 Å². The lowest BCUT2D eigenvalue weighted by Crippen LogP contribution is -2.51. The summed E-state index contributed by atoms with van der Waals surface area (Å²) in [5.41, 5.74) is 1.14. The fourth-order valence-corrected chi connectivity index (χ4v) is 3.62. The maximum atomic E-state index is 12.9. The van der Waals surface area contributed by atoms with Crippen LogP contribution in [0.2, 0.25) is 0 Å². The van der Waals surface area contributed by atoms with Crippen molar-refractivity contribution in [3.63, 3.8) is 0 Å². The second-order valence-corrected chi connectivity index (χ2v) is 6.55. The first-order chi connectivity index (χ1) is 11.7. The topological polar surface area (TPSA) is 63.1 Å². The molecule has 0 amide bonds. The summed E-state index contributed by atoms with van der Waals surface area (Å²) >= 11 is 0. The molecule has 2 atom stereocenters. The van der Waals surface area contributed by atoms with E-state index in [9.17, 15) is 4.79 Å². The van der Waals surface area contributed by atoms with Crippen LogP contribution in [0.3, 0.4) is 0 Å². The molecule has 1 saturated heterocycles. The molecule has 0 unspecified atom stereocenters. The highest BCUT2D eigenvalue weighted by atomic mass is 16.1. The van der Waals surface area contributed by atoms with Gasteiger partial charge in [0.15, 0.2) is 5.52 Å². The Balaban J connectivity index is 2.11. The van der Waals surface area contributed by atoms with Crippen LogP contribution in [0.1, 0.15) is 45.5 Å². The lowest BCUT2D eigenvalue weighted by Gasteiger charge is -2.38. The van der Waals surface area contributed by atoms with Gasteiger partial charge in [-0.2, -0.15) is 0 Å². The summed E-state index contributed by atoms with van der Waals surface area (Å²) in [5.74, 6) is 0.888. The predicted molar refractivity (Wildman–Crippen MR) is 96.2 cm³/mol. The third kappa shape index (κ3) is 3.21. The predicted octanol–water partition coefficient (Wildman–Crippen LogP) is 1.95. The summed E-state index contributed by atoms with van der Waals surface area (Å²) in [5, 5.41) is 3.49. The van der Waals surface area contributed by atoms with Crippen molar-refractivity contribution < 1.29 is 0 Å². The second-order valence-electron chi connectivity index (χ2n) is 6.55. The van der Waals surface area contributed by atoms with Crippen LogP contribution in [0, 0.1) is 0 Å². The molecule has 3 rings (SSSR count). The fraction of sp³-hybridized carbons (Fsp3) is 0.611. The summed E-state index contributed by atoms with van der Waals surface area (Å²) in [6, 6.07) is 4.37. The molecule has 0 aromatic carbocycles. The van der Waals surface area contributed by atoms with Gasteiger partial charge in [-0.1, -0.05) is 13.3 Å². The number of hydrogen-bond donors (Lipinski definition) is 1. The molecule has 1 N–H and O–H groups in total. The molecule has 0 spiro atoms. The standard InChI is InChI=1S/C18H27N5O/c1-4-7-15(22-11-10-19-13(3)12-22)17-21-14-8-6-9-20-16(14)18(24)23(17)5-2/h6,8-9,13,15,19H,4-5,7,10-12H2,1-3H3/t13-,15-/m0/s1. The van der Waals surface area contributed by atoms with Gasteiger partial charge in [0.1, 0.15) is 5.82 Å². The number of nitrogens with zero attached hydrogens (tertiary/aromatic N) is 4. The Labute approximate surface area is 142 Å². The molecular weight excluding hydrogens is 302 g/mol. The normalized spacial score (nSPS) is 20.4. The molecule has 1 aliphatic heterocycles. The van der Waals surface area contributed by atoms with E-state index in [0.29, 0.717) is 23.6 Å². The second kappa shape index (κ2) is 7.40.